The molecule has 2 aromatic carbocycles. The Kier molecular flexibility index (Phi) is 7.59. The van der Waals surface area contributed by atoms with Crippen LogP contribution in [0.25, 0.3) is 11.4 Å². The molecule has 2 aliphatic rings. The molecule has 3 heterocycles. The molecular weight excluding hydrogens is 486 g/mol. The highest BCUT2D eigenvalue weighted by Crippen LogP contribution is 2.32. The van der Waals surface area contributed by atoms with E-state index in [1.54, 1.807) is 14.2 Å². The fourth-order valence-electron chi connectivity index (χ4n) is 5.08. The van der Waals surface area contributed by atoms with Gasteiger partial charge in [-0.2, -0.15) is 4.98 Å². The molecule has 0 radical (unpaired) electrons. The van der Waals surface area contributed by atoms with Gasteiger partial charge in [0.25, 0.3) is 0 Å². The molecule has 0 atom stereocenters. The average molecular weight is 520 g/mol. The second-order valence-electron chi connectivity index (χ2n) is 9.77. The number of carbonyl (C=O) groups is 2. The third-order valence-corrected chi connectivity index (χ3v) is 7.27. The Morgan fingerprint density at radius 1 is 1.08 bits per heavy atom. The quantitative estimate of drug-likeness (QED) is 0.475. The van der Waals surface area contributed by atoms with E-state index in [1.165, 1.54) is 0 Å². The van der Waals surface area contributed by atoms with Crippen LogP contribution in [0.1, 0.15) is 37.1 Å². The zero-order chi connectivity index (χ0) is 26.6. The normalized spacial score (nSPS) is 16.6. The van der Waals surface area contributed by atoms with E-state index in [0.717, 1.165) is 61.4 Å². The molecule has 38 heavy (non-hydrogen) atoms. The molecule has 0 bridgehead atoms. The lowest BCUT2D eigenvalue weighted by atomic mass is 9.95. The second-order valence-corrected chi connectivity index (χ2v) is 9.77. The van der Waals surface area contributed by atoms with Crippen LogP contribution in [0.5, 0.6) is 11.5 Å². The van der Waals surface area contributed by atoms with Gasteiger partial charge in [0, 0.05) is 35.8 Å². The number of piperidine rings is 1. The minimum Gasteiger partial charge on any atom is -0.493 e. The van der Waals surface area contributed by atoms with Crippen LogP contribution in [-0.4, -0.2) is 60.7 Å². The van der Waals surface area contributed by atoms with Crippen molar-refractivity contribution in [3.63, 3.8) is 0 Å². The standard InChI is InChI=1S/C28H33N5O5/c1-18-6-8-21(16-22(18)33-12-4-5-26(33)34)29-28(35)19-10-13-32(14-11-19)17-25-30-27(31-38-25)20-7-9-23(36-2)24(15-20)37-3/h6-9,15-16,19H,4-5,10-14,17H2,1-3H3,(H,29,35). The van der Waals surface area contributed by atoms with Crippen LogP contribution in [0, 0.1) is 12.8 Å². The summed E-state index contributed by atoms with van der Waals surface area (Å²) in [7, 11) is 3.18. The average Bonchev–Trinajstić information content (AvgIpc) is 3.58. The summed E-state index contributed by atoms with van der Waals surface area (Å²) >= 11 is 0. The number of carbonyl (C=O) groups excluding carboxylic acids is 2. The molecule has 2 amide bonds. The molecule has 0 spiro atoms. The van der Waals surface area contributed by atoms with E-state index in [-0.39, 0.29) is 17.7 Å². The fraction of sp³-hybridized carbons (Fsp3) is 0.429. The van der Waals surface area contributed by atoms with Crippen molar-refractivity contribution in [3.8, 4) is 22.9 Å². The van der Waals surface area contributed by atoms with Crippen molar-refractivity contribution in [1.29, 1.82) is 0 Å². The summed E-state index contributed by atoms with van der Waals surface area (Å²) in [5.74, 6) is 2.33. The molecule has 0 unspecified atom stereocenters. The topological polar surface area (TPSA) is 110 Å². The molecule has 3 aromatic rings. The molecule has 5 rings (SSSR count). The van der Waals surface area contributed by atoms with Crippen LogP contribution >= 0.6 is 0 Å². The summed E-state index contributed by atoms with van der Waals surface area (Å²) in [5, 5.41) is 7.19. The number of amides is 2. The number of methoxy groups -OCH3 is 2. The number of aryl methyl sites for hydroxylation is 1. The second kappa shape index (κ2) is 11.2. The zero-order valence-electron chi connectivity index (χ0n) is 22.0. The van der Waals surface area contributed by atoms with Crippen LogP contribution in [-0.2, 0) is 16.1 Å². The molecule has 2 aliphatic heterocycles. The van der Waals surface area contributed by atoms with Gasteiger partial charge in [-0.3, -0.25) is 14.5 Å². The molecular formula is C28H33N5O5. The molecule has 10 heteroatoms. The minimum absolute atomic E-state index is 0.0146. The van der Waals surface area contributed by atoms with Crippen LogP contribution in [0.15, 0.2) is 40.9 Å². The van der Waals surface area contributed by atoms with E-state index in [4.69, 9.17) is 14.0 Å². The molecule has 2 saturated heterocycles. The van der Waals surface area contributed by atoms with Crippen molar-refractivity contribution in [2.75, 3.05) is 44.1 Å². The Bertz CT molecular complexity index is 1310. The van der Waals surface area contributed by atoms with Gasteiger partial charge in [0.1, 0.15) is 0 Å². The van der Waals surface area contributed by atoms with Crippen molar-refractivity contribution in [3.05, 3.63) is 47.9 Å². The van der Waals surface area contributed by atoms with Gasteiger partial charge in [0.2, 0.25) is 23.5 Å². The first-order chi connectivity index (χ1) is 18.4. The highest BCUT2D eigenvalue weighted by Gasteiger charge is 2.27. The van der Waals surface area contributed by atoms with Gasteiger partial charge in [0.05, 0.1) is 20.8 Å². The Morgan fingerprint density at radius 3 is 2.58 bits per heavy atom. The molecule has 10 nitrogen and oxygen atoms in total. The highest BCUT2D eigenvalue weighted by atomic mass is 16.5. The van der Waals surface area contributed by atoms with Gasteiger partial charge < -0.3 is 24.2 Å². The number of hydrogen-bond acceptors (Lipinski definition) is 8. The van der Waals surface area contributed by atoms with Crippen LogP contribution in [0.3, 0.4) is 0 Å². The first-order valence-corrected chi connectivity index (χ1v) is 12.9. The van der Waals surface area contributed by atoms with Crippen molar-refractivity contribution in [1.82, 2.24) is 15.0 Å². The third kappa shape index (κ3) is 5.50. The summed E-state index contributed by atoms with van der Waals surface area (Å²) in [6.07, 6.45) is 2.93. The number of hydrogen-bond donors (Lipinski definition) is 1. The lowest BCUT2D eigenvalue weighted by Gasteiger charge is -2.30. The minimum atomic E-state index is -0.0746. The maximum Gasteiger partial charge on any atom is 0.241 e. The Hall–Kier alpha value is -3.92. The van der Waals surface area contributed by atoms with E-state index in [1.807, 2.05) is 48.2 Å². The lowest BCUT2D eigenvalue weighted by molar-refractivity contribution is -0.121. The van der Waals surface area contributed by atoms with E-state index in [0.29, 0.717) is 36.2 Å². The smallest absolute Gasteiger partial charge is 0.241 e. The van der Waals surface area contributed by atoms with Crippen LogP contribution < -0.4 is 19.7 Å². The molecule has 200 valence electrons. The first kappa shape index (κ1) is 25.7. The predicted molar refractivity (Wildman–Crippen MR) is 142 cm³/mol. The van der Waals surface area contributed by atoms with E-state index in [9.17, 15) is 9.59 Å². The number of nitrogens with one attached hydrogen (secondary N) is 1. The first-order valence-electron chi connectivity index (χ1n) is 12.9. The summed E-state index contributed by atoms with van der Waals surface area (Å²) in [6, 6.07) is 11.3. The van der Waals surface area contributed by atoms with Gasteiger partial charge in [-0.05, 0) is 75.2 Å². The van der Waals surface area contributed by atoms with Crippen LogP contribution in [0.2, 0.25) is 0 Å². The highest BCUT2D eigenvalue weighted by molar-refractivity contribution is 5.98. The molecule has 1 N–H and O–H groups in total. The maximum atomic E-state index is 13.0. The van der Waals surface area contributed by atoms with Crippen molar-refractivity contribution < 1.29 is 23.6 Å². The van der Waals surface area contributed by atoms with Gasteiger partial charge >= 0.3 is 0 Å². The van der Waals surface area contributed by atoms with E-state index in [2.05, 4.69) is 20.4 Å². The van der Waals surface area contributed by atoms with Gasteiger partial charge in [-0.25, -0.2) is 0 Å². The number of rotatable bonds is 8. The SMILES string of the molecule is COc1ccc(-c2noc(CN3CCC(C(=O)Nc4ccc(C)c(N5CCCC5=O)c4)CC3)n2)cc1OC. The number of ether oxygens (including phenoxy) is 2. The predicted octanol–water partition coefficient (Wildman–Crippen LogP) is 4.04. The molecule has 0 saturated carbocycles. The van der Waals surface area contributed by atoms with E-state index >= 15 is 0 Å². The van der Waals surface area contributed by atoms with Gasteiger partial charge in [-0.15, -0.1) is 0 Å². The van der Waals surface area contributed by atoms with Crippen molar-refractivity contribution >= 4 is 23.2 Å². The van der Waals surface area contributed by atoms with Crippen molar-refractivity contribution in [2.24, 2.45) is 5.92 Å². The molecule has 0 aliphatic carbocycles. The summed E-state index contributed by atoms with van der Waals surface area (Å²) < 4.78 is 16.1. The van der Waals surface area contributed by atoms with E-state index < -0.39 is 0 Å². The fourth-order valence-corrected chi connectivity index (χ4v) is 5.08. The number of anilines is 2. The van der Waals surface area contributed by atoms with Crippen LogP contribution in [0.4, 0.5) is 11.4 Å². The van der Waals surface area contributed by atoms with Gasteiger partial charge in [0.15, 0.2) is 11.5 Å². The maximum absolute atomic E-state index is 13.0. The number of aromatic nitrogens is 2. The number of benzene rings is 2. The summed E-state index contributed by atoms with van der Waals surface area (Å²) in [5.41, 5.74) is 3.42. The summed E-state index contributed by atoms with van der Waals surface area (Å²) in [6.45, 7) is 4.76. The Labute approximate surface area is 221 Å². The monoisotopic (exact) mass is 519 g/mol. The summed E-state index contributed by atoms with van der Waals surface area (Å²) in [4.78, 5) is 33.8. The zero-order valence-corrected chi connectivity index (χ0v) is 22.0. The largest absolute Gasteiger partial charge is 0.493 e. The molecule has 2 fully saturated rings. The third-order valence-electron chi connectivity index (χ3n) is 7.27. The Balaban J connectivity index is 1.15. The molecule has 1 aromatic heterocycles. The van der Waals surface area contributed by atoms with Gasteiger partial charge in [-0.1, -0.05) is 11.2 Å². The Morgan fingerprint density at radius 2 is 1.87 bits per heavy atom. The van der Waals surface area contributed by atoms with Crippen molar-refractivity contribution in [2.45, 2.75) is 39.2 Å². The lowest BCUT2D eigenvalue weighted by Crippen LogP contribution is -2.37. The number of likely N-dealkylation sites (tertiary alicyclic amines) is 1. The number of nitrogens with zero attached hydrogens (tertiary/aromatic N) is 4.